The summed E-state index contributed by atoms with van der Waals surface area (Å²) in [4.78, 5) is 12.1. The van der Waals surface area contributed by atoms with Crippen LogP contribution in [-0.2, 0) is 9.84 Å². The van der Waals surface area contributed by atoms with Crippen molar-refractivity contribution in [1.82, 2.24) is 10.6 Å². The average molecular weight is 284 g/mol. The van der Waals surface area contributed by atoms with E-state index in [2.05, 4.69) is 10.6 Å². The van der Waals surface area contributed by atoms with E-state index < -0.39 is 9.84 Å². The van der Waals surface area contributed by atoms with Gasteiger partial charge >= 0.3 is 0 Å². The van der Waals surface area contributed by atoms with E-state index in [1.807, 2.05) is 6.92 Å². The number of carbonyl (C=O) groups excluding carboxylic acids is 1. The average Bonchev–Trinajstić information content (AvgIpc) is 2.44. The molecule has 0 radical (unpaired) electrons. The Hall–Kier alpha value is -1.40. The highest BCUT2D eigenvalue weighted by Crippen LogP contribution is 2.16. The quantitative estimate of drug-likeness (QED) is 0.811. The van der Waals surface area contributed by atoms with Crippen LogP contribution >= 0.6 is 0 Å². The number of likely N-dealkylation sites (N-methyl/N-ethyl adjacent to an activating group) is 1. The van der Waals surface area contributed by atoms with Gasteiger partial charge in [-0.15, -0.1) is 0 Å². The molecule has 0 heterocycles. The van der Waals surface area contributed by atoms with Crippen LogP contribution < -0.4 is 10.6 Å². The van der Waals surface area contributed by atoms with E-state index in [1.165, 1.54) is 12.1 Å². The number of nitrogens with one attached hydrogen (secondary N) is 2. The van der Waals surface area contributed by atoms with E-state index in [-0.39, 0.29) is 28.2 Å². The minimum absolute atomic E-state index is 0.0236. The van der Waals surface area contributed by atoms with Gasteiger partial charge in [-0.05, 0) is 26.1 Å². The van der Waals surface area contributed by atoms with Gasteiger partial charge in [0.05, 0.1) is 16.2 Å². The third kappa shape index (κ3) is 4.04. The summed E-state index contributed by atoms with van der Waals surface area (Å²) in [5, 5.41) is 5.72. The molecule has 0 aliphatic rings. The molecule has 0 aromatic heterocycles. The molecule has 1 aromatic rings. The molecule has 1 rings (SSSR count). The molecule has 6 heteroatoms. The van der Waals surface area contributed by atoms with Crippen molar-refractivity contribution in [3.63, 3.8) is 0 Å². The van der Waals surface area contributed by atoms with Crippen LogP contribution in [0.15, 0.2) is 29.2 Å². The molecule has 0 spiro atoms. The van der Waals surface area contributed by atoms with Crippen molar-refractivity contribution in [3.8, 4) is 0 Å². The molecule has 1 aromatic carbocycles. The lowest BCUT2D eigenvalue weighted by Gasteiger charge is -2.13. The minimum Gasteiger partial charge on any atom is -0.350 e. The van der Waals surface area contributed by atoms with Crippen molar-refractivity contribution >= 4 is 15.7 Å². The van der Waals surface area contributed by atoms with E-state index in [1.54, 1.807) is 26.1 Å². The first-order chi connectivity index (χ1) is 8.92. The fourth-order valence-corrected chi connectivity index (χ4v) is 2.62. The Labute approximate surface area is 114 Å². The van der Waals surface area contributed by atoms with Crippen LogP contribution in [0.2, 0.25) is 0 Å². The normalized spacial score (nSPS) is 13.0. The summed E-state index contributed by atoms with van der Waals surface area (Å²) in [6.07, 6.45) is 0. The summed E-state index contributed by atoms with van der Waals surface area (Å²) in [5.74, 6) is -0.390. The van der Waals surface area contributed by atoms with E-state index in [0.29, 0.717) is 6.54 Å². The number of carbonyl (C=O) groups is 1. The predicted molar refractivity (Wildman–Crippen MR) is 75.0 cm³/mol. The van der Waals surface area contributed by atoms with Gasteiger partial charge < -0.3 is 10.6 Å². The molecule has 0 bridgehead atoms. The first kappa shape index (κ1) is 15.7. The van der Waals surface area contributed by atoms with Gasteiger partial charge in [0, 0.05) is 12.6 Å². The summed E-state index contributed by atoms with van der Waals surface area (Å²) in [6.45, 7) is 3.93. The molecule has 0 saturated heterocycles. The topological polar surface area (TPSA) is 75.3 Å². The maximum atomic E-state index is 12.0. The maximum absolute atomic E-state index is 12.0. The fourth-order valence-electron chi connectivity index (χ4n) is 1.52. The van der Waals surface area contributed by atoms with Crippen molar-refractivity contribution in [2.75, 3.05) is 19.3 Å². The number of benzene rings is 1. The molecular formula is C13H20N2O3S. The molecule has 5 nitrogen and oxygen atoms in total. The standard InChI is InChI=1S/C13H20N2O3S/c1-4-19(17,18)12-8-6-5-7-11(12)13(16)15-9-10(2)14-3/h5-8,10,14H,4,9H2,1-3H3,(H,15,16). The third-order valence-corrected chi connectivity index (χ3v) is 4.69. The number of hydrogen-bond acceptors (Lipinski definition) is 4. The molecule has 0 aliphatic heterocycles. The summed E-state index contributed by atoms with van der Waals surface area (Å²) in [5.41, 5.74) is 0.202. The van der Waals surface area contributed by atoms with Crippen molar-refractivity contribution in [2.24, 2.45) is 0 Å². The summed E-state index contributed by atoms with van der Waals surface area (Å²) in [6, 6.07) is 6.40. The van der Waals surface area contributed by atoms with Crippen LogP contribution in [0, 0.1) is 0 Å². The Morgan fingerprint density at radius 1 is 1.32 bits per heavy atom. The van der Waals surface area contributed by atoms with Crippen LogP contribution in [0.25, 0.3) is 0 Å². The molecule has 0 fully saturated rings. The Balaban J connectivity index is 2.98. The van der Waals surface area contributed by atoms with Crippen molar-refractivity contribution in [2.45, 2.75) is 24.8 Å². The van der Waals surface area contributed by atoms with Crippen LogP contribution in [0.4, 0.5) is 0 Å². The van der Waals surface area contributed by atoms with Gasteiger partial charge in [0.2, 0.25) is 0 Å². The second kappa shape index (κ2) is 6.68. The first-order valence-electron chi connectivity index (χ1n) is 6.19. The fraction of sp³-hybridized carbons (Fsp3) is 0.462. The molecule has 2 N–H and O–H groups in total. The van der Waals surface area contributed by atoms with Gasteiger partial charge in [-0.25, -0.2) is 8.42 Å². The second-order valence-electron chi connectivity index (χ2n) is 4.30. The van der Waals surface area contributed by atoms with Crippen LogP contribution in [-0.4, -0.2) is 39.7 Å². The van der Waals surface area contributed by atoms with Crippen LogP contribution in [0.5, 0.6) is 0 Å². The highest BCUT2D eigenvalue weighted by atomic mass is 32.2. The zero-order chi connectivity index (χ0) is 14.5. The van der Waals surface area contributed by atoms with Crippen LogP contribution in [0.1, 0.15) is 24.2 Å². The number of sulfone groups is 1. The monoisotopic (exact) mass is 284 g/mol. The van der Waals surface area contributed by atoms with Gasteiger partial charge in [0.15, 0.2) is 9.84 Å². The molecule has 19 heavy (non-hydrogen) atoms. The SMILES string of the molecule is CCS(=O)(=O)c1ccccc1C(=O)NCC(C)NC. The van der Waals surface area contributed by atoms with Gasteiger partial charge in [-0.2, -0.15) is 0 Å². The number of rotatable bonds is 6. The second-order valence-corrected chi connectivity index (χ2v) is 6.55. The van der Waals surface area contributed by atoms with Crippen LogP contribution in [0.3, 0.4) is 0 Å². The molecular weight excluding hydrogens is 264 g/mol. The molecule has 1 unspecified atom stereocenters. The van der Waals surface area contributed by atoms with Crippen molar-refractivity contribution in [1.29, 1.82) is 0 Å². The van der Waals surface area contributed by atoms with E-state index >= 15 is 0 Å². The largest absolute Gasteiger partial charge is 0.350 e. The summed E-state index contributed by atoms with van der Waals surface area (Å²) >= 11 is 0. The molecule has 1 atom stereocenters. The molecule has 0 aliphatic carbocycles. The lowest BCUT2D eigenvalue weighted by atomic mass is 10.2. The van der Waals surface area contributed by atoms with Crippen molar-refractivity contribution in [3.05, 3.63) is 29.8 Å². The van der Waals surface area contributed by atoms with Gasteiger partial charge in [-0.3, -0.25) is 4.79 Å². The summed E-state index contributed by atoms with van der Waals surface area (Å²) < 4.78 is 23.9. The number of amides is 1. The zero-order valence-electron chi connectivity index (χ0n) is 11.4. The van der Waals surface area contributed by atoms with Crippen molar-refractivity contribution < 1.29 is 13.2 Å². The maximum Gasteiger partial charge on any atom is 0.252 e. The van der Waals surface area contributed by atoms with Gasteiger partial charge in [-0.1, -0.05) is 19.1 Å². The predicted octanol–water partition coefficient (Wildman–Crippen LogP) is 0.818. The molecule has 106 valence electrons. The lowest BCUT2D eigenvalue weighted by Crippen LogP contribution is -2.37. The molecule has 1 amide bonds. The Kier molecular flexibility index (Phi) is 5.50. The lowest BCUT2D eigenvalue weighted by molar-refractivity contribution is 0.0947. The third-order valence-electron chi connectivity index (χ3n) is 2.91. The Bertz CT molecular complexity index is 541. The Morgan fingerprint density at radius 2 is 1.95 bits per heavy atom. The summed E-state index contributed by atoms with van der Waals surface area (Å²) in [7, 11) is -1.60. The van der Waals surface area contributed by atoms with Gasteiger partial charge in [0.1, 0.15) is 0 Å². The highest BCUT2D eigenvalue weighted by Gasteiger charge is 2.20. The van der Waals surface area contributed by atoms with E-state index in [9.17, 15) is 13.2 Å². The Morgan fingerprint density at radius 3 is 2.53 bits per heavy atom. The smallest absolute Gasteiger partial charge is 0.252 e. The zero-order valence-corrected chi connectivity index (χ0v) is 12.3. The minimum atomic E-state index is -3.39. The highest BCUT2D eigenvalue weighted by molar-refractivity contribution is 7.91. The number of hydrogen-bond donors (Lipinski definition) is 2. The van der Waals surface area contributed by atoms with Gasteiger partial charge in [0.25, 0.3) is 5.91 Å². The van der Waals surface area contributed by atoms with E-state index in [4.69, 9.17) is 0 Å². The van der Waals surface area contributed by atoms with E-state index in [0.717, 1.165) is 0 Å². The first-order valence-corrected chi connectivity index (χ1v) is 7.84. The molecule has 0 saturated carbocycles.